The summed E-state index contributed by atoms with van der Waals surface area (Å²) in [5.74, 6) is 0. The number of aliphatic hydroxyl groups excluding tert-OH is 1. The minimum atomic E-state index is 0. The van der Waals surface area contributed by atoms with Crippen molar-refractivity contribution >= 4 is 0 Å². The summed E-state index contributed by atoms with van der Waals surface area (Å²) in [5, 5.41) is 8.57. The minimum absolute atomic E-state index is 0. The van der Waals surface area contributed by atoms with E-state index in [1.807, 2.05) is 0 Å². The lowest BCUT2D eigenvalue weighted by molar-refractivity contribution is 0.282. The van der Waals surface area contributed by atoms with Crippen molar-refractivity contribution in [1.82, 2.24) is 0 Å². The van der Waals surface area contributed by atoms with Gasteiger partial charge in [0.25, 0.3) is 0 Å². The molecule has 0 radical (unpaired) electrons. The molecule has 0 unspecified atom stereocenters. The van der Waals surface area contributed by atoms with Crippen LogP contribution in [-0.2, 0) is 0 Å². The molecule has 0 saturated heterocycles. The molecule has 0 atom stereocenters. The second kappa shape index (κ2) is 24.1. The summed E-state index contributed by atoms with van der Waals surface area (Å²) in [4.78, 5) is 0. The summed E-state index contributed by atoms with van der Waals surface area (Å²) in [6.07, 6.45) is 13.3. The number of unbranched alkanes of at least 4 members (excludes halogenated alkanes) is 9. The Labute approximate surface area is 102 Å². The second-order valence-electron chi connectivity index (χ2n) is 3.91. The highest BCUT2D eigenvalue weighted by Gasteiger charge is 1.91. The molecule has 0 heterocycles. The molecule has 0 rings (SSSR count). The first-order valence-electron chi connectivity index (χ1n) is 6.52. The lowest BCUT2D eigenvalue weighted by Crippen LogP contribution is -1.84. The Balaban J connectivity index is -0.000000529. The Morgan fingerprint density at radius 1 is 0.688 bits per heavy atom. The van der Waals surface area contributed by atoms with Crippen molar-refractivity contribution in [1.29, 1.82) is 0 Å². The van der Waals surface area contributed by atoms with E-state index in [1.165, 1.54) is 57.8 Å². The fraction of sp³-hybridized carbons (Fsp3) is 0.857. The van der Waals surface area contributed by atoms with Gasteiger partial charge in [-0.2, -0.15) is 0 Å². The number of rotatable bonds is 10. The van der Waals surface area contributed by atoms with E-state index in [-0.39, 0.29) is 5.48 Å². The topological polar surface area (TPSA) is 51.7 Å². The van der Waals surface area contributed by atoms with Gasteiger partial charge < -0.3 is 10.6 Å². The Kier molecular flexibility index (Phi) is 31.6. The van der Waals surface area contributed by atoms with Gasteiger partial charge in [0.05, 0.1) is 0 Å². The largest absolute Gasteiger partial charge is 0.412 e. The zero-order chi connectivity index (χ0) is 11.8. The fourth-order valence-electron chi connectivity index (χ4n) is 1.60. The molecule has 16 heavy (non-hydrogen) atoms. The molecule has 0 fully saturated rings. The van der Waals surface area contributed by atoms with E-state index < -0.39 is 0 Å². The van der Waals surface area contributed by atoms with Crippen LogP contribution in [0.2, 0.25) is 0 Å². The molecule has 0 aromatic rings. The molecule has 0 aliphatic rings. The van der Waals surface area contributed by atoms with E-state index in [0.29, 0.717) is 6.61 Å². The van der Waals surface area contributed by atoms with Crippen LogP contribution in [0.5, 0.6) is 0 Å². The van der Waals surface area contributed by atoms with Gasteiger partial charge >= 0.3 is 0 Å². The van der Waals surface area contributed by atoms with Crippen LogP contribution in [0.3, 0.4) is 0 Å². The molecule has 3 N–H and O–H groups in total. The van der Waals surface area contributed by atoms with Gasteiger partial charge in [0.1, 0.15) is 0 Å². The average molecular weight is 232 g/mol. The van der Waals surface area contributed by atoms with Crippen LogP contribution in [0.15, 0.2) is 13.2 Å². The highest BCUT2D eigenvalue weighted by molar-refractivity contribution is 4.46. The van der Waals surface area contributed by atoms with Crippen molar-refractivity contribution in [3.8, 4) is 0 Å². The average Bonchev–Trinajstić information content (AvgIpc) is 2.30. The fourth-order valence-corrected chi connectivity index (χ4v) is 1.60. The number of hydrogen-bond acceptors (Lipinski definition) is 1. The summed E-state index contributed by atoms with van der Waals surface area (Å²) >= 11 is 0. The first kappa shape index (κ1) is 21.0. The van der Waals surface area contributed by atoms with Gasteiger partial charge in [-0.3, -0.25) is 0 Å². The summed E-state index contributed by atoms with van der Waals surface area (Å²) < 4.78 is 0. The molecule has 0 aromatic heterocycles. The van der Waals surface area contributed by atoms with E-state index in [2.05, 4.69) is 20.1 Å². The van der Waals surface area contributed by atoms with E-state index in [0.717, 1.165) is 6.42 Å². The van der Waals surface area contributed by atoms with Crippen molar-refractivity contribution in [3.63, 3.8) is 0 Å². The van der Waals surface area contributed by atoms with Crippen molar-refractivity contribution < 1.29 is 10.6 Å². The smallest absolute Gasteiger partial charge is 0.0431 e. The number of hydrogen-bond donors (Lipinski definition) is 1. The maximum atomic E-state index is 8.57. The lowest BCUT2D eigenvalue weighted by Gasteiger charge is -2.00. The molecule has 0 spiro atoms. The highest BCUT2D eigenvalue weighted by Crippen LogP contribution is 2.09. The molecular weight excluding hydrogens is 200 g/mol. The summed E-state index contributed by atoms with van der Waals surface area (Å²) in [5.41, 5.74) is 0. The van der Waals surface area contributed by atoms with Crippen LogP contribution < -0.4 is 0 Å². The van der Waals surface area contributed by atoms with Crippen molar-refractivity contribution in [2.45, 2.75) is 71.1 Å². The highest BCUT2D eigenvalue weighted by atomic mass is 16.2. The first-order chi connectivity index (χ1) is 7.41. The molecule has 2 nitrogen and oxygen atoms in total. The molecule has 0 aromatic carbocycles. The molecule has 0 bridgehead atoms. The quantitative estimate of drug-likeness (QED) is 0.451. The van der Waals surface area contributed by atoms with Gasteiger partial charge in [-0.05, 0) is 6.42 Å². The van der Waals surface area contributed by atoms with Crippen LogP contribution in [0.1, 0.15) is 71.1 Å². The molecule has 0 aliphatic heterocycles. The molecule has 100 valence electrons. The van der Waals surface area contributed by atoms with E-state index in [4.69, 9.17) is 5.11 Å². The van der Waals surface area contributed by atoms with Gasteiger partial charge in [0, 0.05) is 6.61 Å². The van der Waals surface area contributed by atoms with Gasteiger partial charge in [0.2, 0.25) is 0 Å². The summed E-state index contributed by atoms with van der Waals surface area (Å²) in [7, 11) is 0. The van der Waals surface area contributed by atoms with Crippen molar-refractivity contribution in [2.75, 3.05) is 6.61 Å². The Hall–Kier alpha value is -0.340. The standard InChI is InChI=1S/C12H26O.C2H4.H2O/c1-2-3-4-5-6-7-8-9-10-11-12-13;1-2;/h13H,2-12H2,1H3;1-2H2;1H2. The van der Waals surface area contributed by atoms with Crippen LogP contribution in [0.4, 0.5) is 0 Å². The first-order valence-corrected chi connectivity index (χ1v) is 6.52. The number of aliphatic hydroxyl groups is 1. The van der Waals surface area contributed by atoms with Crippen LogP contribution in [-0.4, -0.2) is 17.2 Å². The Morgan fingerprint density at radius 3 is 1.31 bits per heavy atom. The monoisotopic (exact) mass is 232 g/mol. The van der Waals surface area contributed by atoms with Crippen LogP contribution in [0, 0.1) is 0 Å². The van der Waals surface area contributed by atoms with Crippen molar-refractivity contribution in [2.24, 2.45) is 0 Å². The van der Waals surface area contributed by atoms with Gasteiger partial charge in [-0.15, -0.1) is 13.2 Å². The SMILES string of the molecule is C=C.CCCCCCCCCCCCO.O. The summed E-state index contributed by atoms with van der Waals surface area (Å²) in [6.45, 7) is 8.63. The van der Waals surface area contributed by atoms with Crippen LogP contribution >= 0.6 is 0 Å². The zero-order valence-electron chi connectivity index (χ0n) is 11.1. The zero-order valence-corrected chi connectivity index (χ0v) is 11.1. The maximum Gasteiger partial charge on any atom is 0.0431 e. The van der Waals surface area contributed by atoms with Gasteiger partial charge in [0.15, 0.2) is 0 Å². The normalized spacial score (nSPS) is 8.88. The molecular formula is C14H32O2. The molecule has 0 amide bonds. The molecule has 2 heteroatoms. The minimum Gasteiger partial charge on any atom is -0.412 e. The Bertz CT molecular complexity index is 84.7. The maximum absolute atomic E-state index is 8.57. The second-order valence-corrected chi connectivity index (χ2v) is 3.91. The van der Waals surface area contributed by atoms with Gasteiger partial charge in [-0.25, -0.2) is 0 Å². The van der Waals surface area contributed by atoms with E-state index in [9.17, 15) is 0 Å². The predicted octanol–water partition coefficient (Wildman–Crippen LogP) is 3.88. The molecule has 0 saturated carbocycles. The van der Waals surface area contributed by atoms with Crippen molar-refractivity contribution in [3.05, 3.63) is 13.2 Å². The lowest BCUT2D eigenvalue weighted by atomic mass is 10.1. The van der Waals surface area contributed by atoms with Gasteiger partial charge in [-0.1, -0.05) is 64.7 Å². The third kappa shape index (κ3) is 23.5. The Morgan fingerprint density at radius 2 is 1.00 bits per heavy atom. The summed E-state index contributed by atoms with van der Waals surface area (Å²) in [6, 6.07) is 0. The molecule has 0 aliphatic carbocycles. The van der Waals surface area contributed by atoms with Crippen LogP contribution in [0.25, 0.3) is 0 Å². The predicted molar refractivity (Wildman–Crippen MR) is 73.8 cm³/mol. The third-order valence-electron chi connectivity index (χ3n) is 2.51. The third-order valence-corrected chi connectivity index (χ3v) is 2.51. The van der Waals surface area contributed by atoms with E-state index in [1.54, 1.807) is 0 Å². The van der Waals surface area contributed by atoms with E-state index >= 15 is 0 Å².